The number of amides is 1. The third-order valence-electron chi connectivity index (χ3n) is 3.59. The number of carbonyl (C=O) groups excluding carboxylic acids is 1. The second-order valence-electron chi connectivity index (χ2n) is 5.28. The minimum atomic E-state index is -3.88. The number of sulfonamides is 1. The number of hydrogen-bond donors (Lipinski definition) is 1. The molecule has 1 fully saturated rings. The molecule has 2 N–H and O–H groups in total. The first-order valence-electron chi connectivity index (χ1n) is 7.00. The fraction of sp³-hybridized carbons (Fsp3) is 0.500. The lowest BCUT2D eigenvalue weighted by molar-refractivity contribution is 0.0742. The molecule has 1 aromatic carbocycles. The topological polar surface area (TPSA) is 80.5 Å². The average molecular weight is 331 g/mol. The molecule has 0 spiro atoms. The summed E-state index contributed by atoms with van der Waals surface area (Å²) in [6.45, 7) is 1.38. The predicted octanol–water partition coefficient (Wildman–Crippen LogP) is 2.39. The normalized spacial score (nSPS) is 17.1. The predicted molar refractivity (Wildman–Crippen MR) is 81.8 cm³/mol. The van der Waals surface area contributed by atoms with Crippen molar-refractivity contribution in [2.75, 3.05) is 13.1 Å². The number of nitrogens with zero attached hydrogens (tertiary/aromatic N) is 1. The van der Waals surface area contributed by atoms with Gasteiger partial charge in [0.15, 0.2) is 0 Å². The first-order valence-corrected chi connectivity index (χ1v) is 8.93. The second-order valence-corrected chi connectivity index (χ2v) is 7.28. The van der Waals surface area contributed by atoms with Gasteiger partial charge < -0.3 is 4.90 Å². The largest absolute Gasteiger partial charge is 0.339 e. The monoisotopic (exact) mass is 330 g/mol. The Labute approximate surface area is 130 Å². The van der Waals surface area contributed by atoms with E-state index in [4.69, 9.17) is 16.7 Å². The molecular formula is C14H19ClN2O3S. The van der Waals surface area contributed by atoms with Gasteiger partial charge in [0, 0.05) is 23.7 Å². The highest BCUT2D eigenvalue weighted by atomic mass is 35.5. The summed E-state index contributed by atoms with van der Waals surface area (Å²) in [5.41, 5.74) is 0.270. The summed E-state index contributed by atoms with van der Waals surface area (Å²) in [7, 11) is -3.88. The van der Waals surface area contributed by atoms with E-state index in [1.807, 2.05) is 0 Å². The number of nitrogens with two attached hydrogens (primary N) is 1. The van der Waals surface area contributed by atoms with E-state index in [1.165, 1.54) is 24.6 Å². The van der Waals surface area contributed by atoms with Crippen molar-refractivity contribution in [3.8, 4) is 0 Å². The molecule has 0 bridgehead atoms. The summed E-state index contributed by atoms with van der Waals surface area (Å²) < 4.78 is 22.9. The van der Waals surface area contributed by atoms with Gasteiger partial charge >= 0.3 is 0 Å². The second kappa shape index (κ2) is 6.77. The molecule has 1 aromatic rings. The Kier molecular flexibility index (Phi) is 5.24. The van der Waals surface area contributed by atoms with Crippen LogP contribution in [0.1, 0.15) is 42.5 Å². The van der Waals surface area contributed by atoms with Gasteiger partial charge in [0.1, 0.15) is 0 Å². The molecule has 5 nitrogen and oxygen atoms in total. The van der Waals surface area contributed by atoms with Crippen LogP contribution in [0.5, 0.6) is 0 Å². The molecule has 1 aliphatic heterocycles. The van der Waals surface area contributed by atoms with Crippen LogP contribution in [0.3, 0.4) is 0 Å². The highest BCUT2D eigenvalue weighted by molar-refractivity contribution is 7.89. The Morgan fingerprint density at radius 1 is 1.05 bits per heavy atom. The molecule has 2 rings (SSSR count). The van der Waals surface area contributed by atoms with Crippen LogP contribution >= 0.6 is 11.6 Å². The Balaban J connectivity index is 2.27. The highest BCUT2D eigenvalue weighted by Crippen LogP contribution is 2.20. The van der Waals surface area contributed by atoms with Crippen molar-refractivity contribution >= 4 is 27.5 Å². The van der Waals surface area contributed by atoms with Gasteiger partial charge in [-0.1, -0.05) is 30.9 Å². The van der Waals surface area contributed by atoms with Gasteiger partial charge in [-0.05, 0) is 31.0 Å². The highest BCUT2D eigenvalue weighted by Gasteiger charge is 2.19. The van der Waals surface area contributed by atoms with Crippen LogP contribution in [0.15, 0.2) is 23.1 Å². The maximum atomic E-state index is 12.5. The summed E-state index contributed by atoms with van der Waals surface area (Å²) in [4.78, 5) is 14.2. The van der Waals surface area contributed by atoms with Gasteiger partial charge in [0.2, 0.25) is 10.0 Å². The van der Waals surface area contributed by atoms with Crippen molar-refractivity contribution in [1.82, 2.24) is 4.90 Å². The molecule has 0 atom stereocenters. The van der Waals surface area contributed by atoms with Crippen molar-refractivity contribution in [3.63, 3.8) is 0 Å². The fourth-order valence-corrected chi connectivity index (χ4v) is 3.37. The van der Waals surface area contributed by atoms with E-state index in [-0.39, 0.29) is 21.4 Å². The van der Waals surface area contributed by atoms with Gasteiger partial charge in [-0.3, -0.25) is 4.79 Å². The zero-order valence-electron chi connectivity index (χ0n) is 11.7. The van der Waals surface area contributed by atoms with Crippen molar-refractivity contribution in [3.05, 3.63) is 28.8 Å². The first kappa shape index (κ1) is 16.3. The van der Waals surface area contributed by atoms with Crippen LogP contribution in [0.25, 0.3) is 0 Å². The van der Waals surface area contributed by atoms with E-state index in [0.717, 1.165) is 25.7 Å². The molecule has 0 aromatic heterocycles. The van der Waals surface area contributed by atoms with Crippen LogP contribution in [-0.2, 0) is 10.0 Å². The minimum Gasteiger partial charge on any atom is -0.339 e. The van der Waals surface area contributed by atoms with Crippen molar-refractivity contribution in [2.45, 2.75) is 37.0 Å². The van der Waals surface area contributed by atoms with Gasteiger partial charge in [-0.2, -0.15) is 0 Å². The van der Waals surface area contributed by atoms with Gasteiger partial charge in [0.05, 0.1) is 4.90 Å². The fourth-order valence-electron chi connectivity index (χ4n) is 2.48. The van der Waals surface area contributed by atoms with Crippen LogP contribution in [0.2, 0.25) is 5.02 Å². The standard InChI is InChI=1S/C14H19ClN2O3S/c15-12-8-11(9-13(10-12)21(16,19)20)14(18)17-6-4-2-1-3-5-7-17/h8-10H,1-7H2,(H2,16,19,20). The Bertz CT molecular complexity index is 623. The quantitative estimate of drug-likeness (QED) is 0.904. The third-order valence-corrected chi connectivity index (χ3v) is 4.70. The van der Waals surface area contributed by atoms with Gasteiger partial charge in [-0.15, -0.1) is 0 Å². The number of primary sulfonamides is 1. The van der Waals surface area contributed by atoms with Crippen molar-refractivity contribution in [2.24, 2.45) is 5.14 Å². The molecular weight excluding hydrogens is 312 g/mol. The Morgan fingerprint density at radius 3 is 2.19 bits per heavy atom. The summed E-state index contributed by atoms with van der Waals surface area (Å²) in [6, 6.07) is 4.03. The maximum absolute atomic E-state index is 12.5. The molecule has 1 saturated heterocycles. The zero-order valence-corrected chi connectivity index (χ0v) is 13.3. The van der Waals surface area contributed by atoms with E-state index in [1.54, 1.807) is 4.90 Å². The van der Waals surface area contributed by atoms with Crippen LogP contribution in [0.4, 0.5) is 0 Å². The van der Waals surface area contributed by atoms with Crippen LogP contribution in [-0.4, -0.2) is 32.3 Å². The molecule has 7 heteroatoms. The minimum absolute atomic E-state index is 0.134. The molecule has 21 heavy (non-hydrogen) atoms. The van der Waals surface area contributed by atoms with Gasteiger partial charge in [0.25, 0.3) is 5.91 Å². The zero-order chi connectivity index (χ0) is 15.5. The average Bonchev–Trinajstić information content (AvgIpc) is 2.36. The summed E-state index contributed by atoms with van der Waals surface area (Å²) >= 11 is 5.91. The molecule has 116 valence electrons. The molecule has 0 saturated carbocycles. The molecule has 0 unspecified atom stereocenters. The van der Waals surface area contributed by atoms with E-state index >= 15 is 0 Å². The maximum Gasteiger partial charge on any atom is 0.253 e. The lowest BCUT2D eigenvalue weighted by Crippen LogP contribution is -2.34. The van der Waals surface area contributed by atoms with Gasteiger partial charge in [-0.25, -0.2) is 13.6 Å². The molecule has 1 heterocycles. The van der Waals surface area contributed by atoms with Crippen LogP contribution < -0.4 is 5.14 Å². The van der Waals surface area contributed by atoms with Crippen molar-refractivity contribution in [1.29, 1.82) is 0 Å². The molecule has 0 aliphatic carbocycles. The summed E-state index contributed by atoms with van der Waals surface area (Å²) in [5, 5.41) is 5.30. The summed E-state index contributed by atoms with van der Waals surface area (Å²) in [6.07, 6.45) is 5.36. The van der Waals surface area contributed by atoms with E-state index in [0.29, 0.717) is 13.1 Å². The SMILES string of the molecule is NS(=O)(=O)c1cc(Cl)cc(C(=O)N2CCCCCCC2)c1. The first-order chi connectivity index (χ1) is 9.88. The lowest BCUT2D eigenvalue weighted by atomic mass is 10.1. The molecule has 0 radical (unpaired) electrons. The van der Waals surface area contributed by atoms with E-state index in [2.05, 4.69) is 0 Å². The third kappa shape index (κ3) is 4.43. The lowest BCUT2D eigenvalue weighted by Gasteiger charge is -2.25. The number of carbonyl (C=O) groups is 1. The number of likely N-dealkylation sites (tertiary alicyclic amines) is 1. The van der Waals surface area contributed by atoms with E-state index in [9.17, 15) is 13.2 Å². The Morgan fingerprint density at radius 2 is 1.62 bits per heavy atom. The number of hydrogen-bond acceptors (Lipinski definition) is 3. The molecule has 1 aliphatic rings. The number of benzene rings is 1. The summed E-state index contributed by atoms with van der Waals surface area (Å²) in [5.74, 6) is -0.190. The number of halogens is 1. The number of rotatable bonds is 2. The van der Waals surface area contributed by atoms with Crippen molar-refractivity contribution < 1.29 is 13.2 Å². The Hall–Kier alpha value is -1.11. The smallest absolute Gasteiger partial charge is 0.253 e. The molecule has 1 amide bonds. The van der Waals surface area contributed by atoms with Crippen LogP contribution in [0, 0.1) is 0 Å². The van der Waals surface area contributed by atoms with E-state index < -0.39 is 10.0 Å².